The number of hydrogen-bond donors (Lipinski definition) is 1. The molecule has 0 aliphatic carbocycles. The number of rotatable bonds is 2. The van der Waals surface area contributed by atoms with Gasteiger partial charge in [0.05, 0.1) is 16.7 Å². The lowest BCUT2D eigenvalue weighted by Gasteiger charge is -2.13. The molecule has 0 atom stereocenters. The molecule has 1 aliphatic rings. The van der Waals surface area contributed by atoms with Gasteiger partial charge in [-0.1, -0.05) is 23.3 Å². The van der Waals surface area contributed by atoms with Gasteiger partial charge in [-0.3, -0.25) is 19.4 Å². The van der Waals surface area contributed by atoms with E-state index in [2.05, 4.69) is 9.97 Å². The maximum Gasteiger partial charge on any atom is 0.366 e. The molecular formula is C17H9N3O5. The van der Waals surface area contributed by atoms with Crippen molar-refractivity contribution in [1.29, 1.82) is 0 Å². The van der Waals surface area contributed by atoms with Crippen LogP contribution < -0.4 is 5.56 Å². The predicted octanol–water partition coefficient (Wildman–Crippen LogP) is 1.29. The number of pyridine rings is 2. The molecule has 2 aromatic heterocycles. The molecule has 0 saturated carbocycles. The highest BCUT2D eigenvalue weighted by Crippen LogP contribution is 2.24. The Morgan fingerprint density at radius 2 is 1.68 bits per heavy atom. The van der Waals surface area contributed by atoms with Gasteiger partial charge in [-0.25, -0.2) is 4.79 Å². The van der Waals surface area contributed by atoms with E-state index < -0.39 is 23.3 Å². The first kappa shape index (κ1) is 14.8. The molecule has 3 aromatic rings. The number of aromatic amines is 1. The lowest BCUT2D eigenvalue weighted by atomic mass is 10.1. The van der Waals surface area contributed by atoms with Crippen molar-refractivity contribution in [3.8, 4) is 0 Å². The van der Waals surface area contributed by atoms with Gasteiger partial charge in [0, 0.05) is 17.8 Å². The Bertz CT molecular complexity index is 1080. The van der Waals surface area contributed by atoms with Crippen LogP contribution in [0.2, 0.25) is 0 Å². The third-order valence-corrected chi connectivity index (χ3v) is 3.81. The Balaban J connectivity index is 1.71. The monoisotopic (exact) mass is 335 g/mol. The minimum Gasteiger partial charge on any atom is -0.326 e. The van der Waals surface area contributed by atoms with Crippen LogP contribution in [-0.4, -0.2) is 32.8 Å². The summed E-state index contributed by atoms with van der Waals surface area (Å²) in [5, 5.41) is 0.674. The lowest BCUT2D eigenvalue weighted by Crippen LogP contribution is -2.33. The number of nitrogens with one attached hydrogen (secondary N) is 1. The van der Waals surface area contributed by atoms with Gasteiger partial charge in [-0.2, -0.15) is 0 Å². The average Bonchev–Trinajstić information content (AvgIpc) is 2.87. The van der Waals surface area contributed by atoms with Crippen molar-refractivity contribution in [3.05, 3.63) is 75.8 Å². The summed E-state index contributed by atoms with van der Waals surface area (Å²) in [7, 11) is 0. The molecule has 1 N–H and O–H groups in total. The molecule has 0 unspecified atom stereocenters. The first-order chi connectivity index (χ1) is 12.1. The molecule has 1 aliphatic heterocycles. The van der Waals surface area contributed by atoms with Gasteiger partial charge in [0.15, 0.2) is 0 Å². The van der Waals surface area contributed by atoms with E-state index in [4.69, 9.17) is 4.84 Å². The van der Waals surface area contributed by atoms with E-state index in [-0.39, 0.29) is 27.6 Å². The predicted molar refractivity (Wildman–Crippen MR) is 84.7 cm³/mol. The largest absolute Gasteiger partial charge is 0.366 e. The van der Waals surface area contributed by atoms with Crippen molar-refractivity contribution in [1.82, 2.24) is 15.0 Å². The van der Waals surface area contributed by atoms with Gasteiger partial charge in [0.1, 0.15) is 5.52 Å². The Morgan fingerprint density at radius 1 is 1.00 bits per heavy atom. The first-order valence-corrected chi connectivity index (χ1v) is 7.24. The van der Waals surface area contributed by atoms with Gasteiger partial charge in [0.2, 0.25) is 0 Å². The number of aromatic nitrogens is 2. The number of amides is 2. The van der Waals surface area contributed by atoms with E-state index in [0.29, 0.717) is 5.06 Å². The molecule has 1 aromatic carbocycles. The van der Waals surface area contributed by atoms with E-state index in [1.807, 2.05) is 0 Å². The van der Waals surface area contributed by atoms with Gasteiger partial charge in [-0.15, -0.1) is 0 Å². The second-order valence-electron chi connectivity index (χ2n) is 5.26. The van der Waals surface area contributed by atoms with Crippen LogP contribution in [0.15, 0.2) is 53.6 Å². The second kappa shape index (κ2) is 5.38. The van der Waals surface area contributed by atoms with Crippen LogP contribution in [0, 0.1) is 0 Å². The number of hydrogen-bond acceptors (Lipinski definition) is 6. The zero-order valence-corrected chi connectivity index (χ0v) is 12.6. The summed E-state index contributed by atoms with van der Waals surface area (Å²) in [5.74, 6) is -2.40. The topological polar surface area (TPSA) is 109 Å². The van der Waals surface area contributed by atoms with Crippen molar-refractivity contribution in [2.45, 2.75) is 0 Å². The number of imide groups is 1. The molecule has 0 radical (unpaired) electrons. The van der Waals surface area contributed by atoms with Crippen molar-refractivity contribution < 1.29 is 19.2 Å². The van der Waals surface area contributed by atoms with Crippen LogP contribution in [0.25, 0.3) is 10.9 Å². The number of fused-ring (bicyclic) bond motifs is 2. The fourth-order valence-electron chi connectivity index (χ4n) is 2.64. The minimum atomic E-state index is -0.955. The second-order valence-corrected chi connectivity index (χ2v) is 5.26. The van der Waals surface area contributed by atoms with Crippen LogP contribution in [0.4, 0.5) is 0 Å². The molecule has 0 spiro atoms. The highest BCUT2D eigenvalue weighted by Gasteiger charge is 2.39. The Hall–Kier alpha value is -3.81. The number of nitrogens with zero attached hydrogens (tertiary/aromatic N) is 2. The quantitative estimate of drug-likeness (QED) is 0.707. The molecule has 4 rings (SSSR count). The van der Waals surface area contributed by atoms with Gasteiger partial charge >= 0.3 is 5.97 Å². The zero-order valence-electron chi connectivity index (χ0n) is 12.6. The number of carbonyl (C=O) groups is 3. The smallest absolute Gasteiger partial charge is 0.326 e. The molecule has 122 valence electrons. The van der Waals surface area contributed by atoms with Gasteiger partial charge < -0.3 is 9.82 Å². The van der Waals surface area contributed by atoms with Crippen molar-refractivity contribution in [2.24, 2.45) is 0 Å². The van der Waals surface area contributed by atoms with E-state index in [1.54, 1.807) is 18.2 Å². The molecule has 0 bridgehead atoms. The summed E-state index contributed by atoms with van der Waals surface area (Å²) in [5.41, 5.74) is -0.104. The van der Waals surface area contributed by atoms with Crippen molar-refractivity contribution >= 4 is 28.7 Å². The summed E-state index contributed by atoms with van der Waals surface area (Å²) in [6.45, 7) is 0. The molecular weight excluding hydrogens is 326 g/mol. The third kappa shape index (κ3) is 2.19. The highest BCUT2D eigenvalue weighted by atomic mass is 16.7. The van der Waals surface area contributed by atoms with Gasteiger partial charge in [-0.05, 0) is 18.2 Å². The Morgan fingerprint density at radius 3 is 2.36 bits per heavy atom. The molecule has 8 heteroatoms. The molecule has 2 amide bonds. The summed E-state index contributed by atoms with van der Waals surface area (Å²) in [4.78, 5) is 60.0. The van der Waals surface area contributed by atoms with Crippen LogP contribution in [-0.2, 0) is 4.84 Å². The lowest BCUT2D eigenvalue weighted by molar-refractivity contribution is -0.0583. The van der Waals surface area contributed by atoms with E-state index in [9.17, 15) is 19.2 Å². The Labute approximate surface area is 139 Å². The molecule has 0 saturated heterocycles. The average molecular weight is 335 g/mol. The van der Waals surface area contributed by atoms with Crippen LogP contribution in [0.3, 0.4) is 0 Å². The first-order valence-electron chi connectivity index (χ1n) is 7.24. The summed E-state index contributed by atoms with van der Waals surface area (Å²) >= 11 is 0. The molecule has 0 fully saturated rings. The number of hydroxylamine groups is 2. The SMILES string of the molecule is O=C(ON1C(=O)c2ccccc2C1=O)c1c[nH]c(=O)c2ncccc12. The highest BCUT2D eigenvalue weighted by molar-refractivity contribution is 6.21. The van der Waals surface area contributed by atoms with E-state index in [0.717, 1.165) is 6.20 Å². The fourth-order valence-corrected chi connectivity index (χ4v) is 2.64. The maximum atomic E-state index is 12.4. The minimum absolute atomic E-state index is 0.0146. The summed E-state index contributed by atoms with van der Waals surface area (Å²) < 4.78 is 0. The van der Waals surface area contributed by atoms with Crippen LogP contribution in [0.1, 0.15) is 31.1 Å². The van der Waals surface area contributed by atoms with E-state index >= 15 is 0 Å². The normalized spacial score (nSPS) is 13.2. The van der Waals surface area contributed by atoms with Crippen molar-refractivity contribution in [3.63, 3.8) is 0 Å². The van der Waals surface area contributed by atoms with Crippen molar-refractivity contribution in [2.75, 3.05) is 0 Å². The van der Waals surface area contributed by atoms with E-state index in [1.165, 1.54) is 24.4 Å². The Kier molecular flexibility index (Phi) is 3.17. The fraction of sp³-hybridized carbons (Fsp3) is 0. The number of benzene rings is 1. The van der Waals surface area contributed by atoms with Crippen LogP contribution >= 0.6 is 0 Å². The number of H-pyrrole nitrogens is 1. The summed E-state index contributed by atoms with van der Waals surface area (Å²) in [6.07, 6.45) is 2.57. The molecule has 3 heterocycles. The molecule has 8 nitrogen and oxygen atoms in total. The molecule has 25 heavy (non-hydrogen) atoms. The van der Waals surface area contributed by atoms with Crippen LogP contribution in [0.5, 0.6) is 0 Å². The maximum absolute atomic E-state index is 12.4. The zero-order chi connectivity index (χ0) is 17.6. The standard InChI is InChI=1S/C17H9N3O5/c21-14-13-9(6-3-7-18-13)12(8-19-14)17(24)25-20-15(22)10-4-1-2-5-11(10)16(20)23/h1-8H,(H,19,21). The summed E-state index contributed by atoms with van der Waals surface area (Å²) in [6, 6.07) is 9.25. The number of carbonyl (C=O) groups excluding carboxylic acids is 3. The third-order valence-electron chi connectivity index (χ3n) is 3.81. The van der Waals surface area contributed by atoms with Gasteiger partial charge in [0.25, 0.3) is 17.4 Å².